The molecule has 2 rings (SSSR count). The molecule has 2 aromatic rings. The maximum atomic E-state index is 13.5. The van der Waals surface area contributed by atoms with Gasteiger partial charge in [0.15, 0.2) is 5.69 Å². The van der Waals surface area contributed by atoms with Crippen LogP contribution in [-0.2, 0) is 6.54 Å². The van der Waals surface area contributed by atoms with Crippen LogP contribution in [0.1, 0.15) is 16.1 Å². The normalized spacial score (nSPS) is 10.6. The molecule has 0 aliphatic heterocycles. The van der Waals surface area contributed by atoms with Crippen molar-refractivity contribution in [2.75, 3.05) is 11.9 Å². The fourth-order valence-electron chi connectivity index (χ4n) is 1.61. The van der Waals surface area contributed by atoms with Gasteiger partial charge >= 0.3 is 0 Å². The van der Waals surface area contributed by atoms with Crippen LogP contribution in [0.5, 0.6) is 0 Å². The summed E-state index contributed by atoms with van der Waals surface area (Å²) in [6.45, 7) is 2.65. The summed E-state index contributed by atoms with van der Waals surface area (Å²) < 4.78 is 15.3. The molecule has 0 fully saturated rings. The lowest BCUT2D eigenvalue weighted by atomic mass is 10.2. The van der Waals surface area contributed by atoms with Gasteiger partial charge < -0.3 is 11.1 Å². The van der Waals surface area contributed by atoms with Crippen LogP contribution in [0.15, 0.2) is 22.8 Å². The Hall–Kier alpha value is -1.80. The molecule has 1 heterocycles. The molecular weight excluding hydrogens is 329 g/mol. The van der Waals surface area contributed by atoms with E-state index in [0.29, 0.717) is 23.2 Å². The van der Waals surface area contributed by atoms with Crippen molar-refractivity contribution in [1.82, 2.24) is 15.0 Å². The second-order valence-electron chi connectivity index (χ2n) is 4.19. The first-order chi connectivity index (χ1) is 9.51. The number of halogens is 2. The van der Waals surface area contributed by atoms with E-state index in [2.05, 4.69) is 31.6 Å². The Morgan fingerprint density at radius 1 is 1.55 bits per heavy atom. The number of aromatic nitrogens is 3. The first kappa shape index (κ1) is 14.6. The number of benzene rings is 1. The van der Waals surface area contributed by atoms with E-state index >= 15 is 0 Å². The van der Waals surface area contributed by atoms with Gasteiger partial charge in [-0.05, 0) is 40.5 Å². The van der Waals surface area contributed by atoms with Crippen LogP contribution in [0.25, 0.3) is 0 Å². The first-order valence-corrected chi connectivity index (χ1v) is 6.67. The highest BCUT2D eigenvalue weighted by Gasteiger charge is 2.13. The SMILES string of the molecule is Cc1cc(Br)c(F)cc1NC(=O)c1cn(CCN)nn1. The molecular formula is C12H13BrFN5O. The number of carbonyl (C=O) groups is 1. The molecule has 3 N–H and O–H groups in total. The van der Waals surface area contributed by atoms with Crippen molar-refractivity contribution in [2.45, 2.75) is 13.5 Å². The third-order valence-corrected chi connectivity index (χ3v) is 3.25. The number of nitrogens with two attached hydrogens (primary N) is 1. The molecule has 0 aliphatic carbocycles. The lowest BCUT2D eigenvalue weighted by Crippen LogP contribution is -2.14. The number of hydrogen-bond donors (Lipinski definition) is 2. The Balaban J connectivity index is 2.16. The van der Waals surface area contributed by atoms with Gasteiger partial charge in [-0.2, -0.15) is 0 Å². The molecule has 20 heavy (non-hydrogen) atoms. The lowest BCUT2D eigenvalue weighted by molar-refractivity contribution is 0.102. The van der Waals surface area contributed by atoms with Crippen molar-refractivity contribution in [3.63, 3.8) is 0 Å². The molecule has 0 aliphatic rings. The van der Waals surface area contributed by atoms with Crippen molar-refractivity contribution in [3.8, 4) is 0 Å². The predicted octanol–water partition coefficient (Wildman–Crippen LogP) is 1.70. The maximum Gasteiger partial charge on any atom is 0.277 e. The number of anilines is 1. The minimum atomic E-state index is -0.447. The molecule has 0 spiro atoms. The Morgan fingerprint density at radius 2 is 2.30 bits per heavy atom. The summed E-state index contributed by atoms with van der Waals surface area (Å²) in [5, 5.41) is 10.1. The Bertz CT molecular complexity index is 643. The van der Waals surface area contributed by atoms with E-state index in [9.17, 15) is 9.18 Å². The van der Waals surface area contributed by atoms with E-state index in [1.807, 2.05) is 0 Å². The van der Waals surface area contributed by atoms with Gasteiger partial charge in [0.05, 0.1) is 17.2 Å². The van der Waals surface area contributed by atoms with E-state index in [1.165, 1.54) is 16.9 Å². The summed E-state index contributed by atoms with van der Waals surface area (Å²) in [6.07, 6.45) is 1.49. The summed E-state index contributed by atoms with van der Waals surface area (Å²) in [6, 6.07) is 2.85. The molecule has 1 aromatic carbocycles. The van der Waals surface area contributed by atoms with E-state index in [1.54, 1.807) is 13.0 Å². The highest BCUT2D eigenvalue weighted by atomic mass is 79.9. The second kappa shape index (κ2) is 6.10. The molecule has 0 bridgehead atoms. The molecule has 0 unspecified atom stereocenters. The second-order valence-corrected chi connectivity index (χ2v) is 5.05. The summed E-state index contributed by atoms with van der Waals surface area (Å²) in [5.74, 6) is -0.893. The van der Waals surface area contributed by atoms with Crippen molar-refractivity contribution in [3.05, 3.63) is 39.9 Å². The van der Waals surface area contributed by atoms with Crippen LogP contribution >= 0.6 is 15.9 Å². The van der Waals surface area contributed by atoms with E-state index in [-0.39, 0.29) is 5.69 Å². The predicted molar refractivity (Wildman–Crippen MR) is 75.9 cm³/mol. The number of hydrogen-bond acceptors (Lipinski definition) is 4. The number of aryl methyl sites for hydroxylation is 1. The topological polar surface area (TPSA) is 85.8 Å². The zero-order valence-electron chi connectivity index (χ0n) is 10.7. The Kier molecular flexibility index (Phi) is 4.46. The van der Waals surface area contributed by atoms with Crippen LogP contribution in [-0.4, -0.2) is 27.4 Å². The molecule has 1 aromatic heterocycles. The van der Waals surface area contributed by atoms with E-state index in [4.69, 9.17) is 5.73 Å². The maximum absolute atomic E-state index is 13.5. The number of nitrogens with zero attached hydrogens (tertiary/aromatic N) is 3. The van der Waals surface area contributed by atoms with Gasteiger partial charge in [-0.25, -0.2) is 4.39 Å². The van der Waals surface area contributed by atoms with Gasteiger partial charge in [-0.1, -0.05) is 5.21 Å². The summed E-state index contributed by atoms with van der Waals surface area (Å²) >= 11 is 3.09. The summed E-state index contributed by atoms with van der Waals surface area (Å²) in [5.41, 5.74) is 6.67. The van der Waals surface area contributed by atoms with E-state index in [0.717, 1.165) is 5.56 Å². The van der Waals surface area contributed by atoms with Gasteiger partial charge in [0, 0.05) is 12.2 Å². The summed E-state index contributed by atoms with van der Waals surface area (Å²) in [7, 11) is 0. The van der Waals surface area contributed by atoms with Crippen LogP contribution in [0, 0.1) is 12.7 Å². The van der Waals surface area contributed by atoms with Crippen LogP contribution in [0.3, 0.4) is 0 Å². The number of rotatable bonds is 4. The quantitative estimate of drug-likeness (QED) is 0.886. The molecule has 106 valence electrons. The van der Waals surface area contributed by atoms with Gasteiger partial charge in [-0.3, -0.25) is 9.48 Å². The first-order valence-electron chi connectivity index (χ1n) is 5.88. The third-order valence-electron chi connectivity index (χ3n) is 2.64. The smallest absolute Gasteiger partial charge is 0.277 e. The van der Waals surface area contributed by atoms with Gasteiger partial charge in [0.25, 0.3) is 5.91 Å². The monoisotopic (exact) mass is 341 g/mol. The van der Waals surface area contributed by atoms with Gasteiger partial charge in [-0.15, -0.1) is 5.10 Å². The standard InChI is InChI=1S/C12H13BrFN5O/c1-7-4-8(13)9(14)5-10(7)16-12(20)11-6-19(3-2-15)18-17-11/h4-6H,2-3,15H2,1H3,(H,16,20). The van der Waals surface area contributed by atoms with E-state index < -0.39 is 11.7 Å². The Morgan fingerprint density at radius 3 is 3.00 bits per heavy atom. The zero-order chi connectivity index (χ0) is 14.7. The summed E-state index contributed by atoms with van der Waals surface area (Å²) in [4.78, 5) is 12.0. The van der Waals surface area contributed by atoms with Crippen molar-refractivity contribution < 1.29 is 9.18 Å². The highest BCUT2D eigenvalue weighted by molar-refractivity contribution is 9.10. The van der Waals surface area contributed by atoms with Crippen molar-refractivity contribution in [1.29, 1.82) is 0 Å². The minimum Gasteiger partial charge on any atom is -0.329 e. The molecule has 0 radical (unpaired) electrons. The number of carbonyl (C=O) groups excluding carboxylic acids is 1. The lowest BCUT2D eigenvalue weighted by Gasteiger charge is -2.08. The van der Waals surface area contributed by atoms with Crippen molar-refractivity contribution >= 4 is 27.5 Å². The third kappa shape index (κ3) is 3.20. The van der Waals surface area contributed by atoms with Gasteiger partial charge in [0.2, 0.25) is 0 Å². The average molecular weight is 342 g/mol. The Labute approximate surface area is 123 Å². The van der Waals surface area contributed by atoms with Crippen LogP contribution in [0.4, 0.5) is 10.1 Å². The van der Waals surface area contributed by atoms with Crippen LogP contribution < -0.4 is 11.1 Å². The van der Waals surface area contributed by atoms with Gasteiger partial charge in [0.1, 0.15) is 5.82 Å². The molecule has 0 saturated carbocycles. The largest absolute Gasteiger partial charge is 0.329 e. The fourth-order valence-corrected chi connectivity index (χ4v) is 2.07. The van der Waals surface area contributed by atoms with Crippen LogP contribution in [0.2, 0.25) is 0 Å². The fraction of sp³-hybridized carbons (Fsp3) is 0.250. The highest BCUT2D eigenvalue weighted by Crippen LogP contribution is 2.24. The number of amides is 1. The molecule has 0 atom stereocenters. The zero-order valence-corrected chi connectivity index (χ0v) is 12.3. The molecule has 0 saturated heterocycles. The molecule has 8 heteroatoms. The van der Waals surface area contributed by atoms with Crippen molar-refractivity contribution in [2.24, 2.45) is 5.73 Å². The molecule has 1 amide bonds. The number of nitrogens with one attached hydrogen (secondary N) is 1. The minimum absolute atomic E-state index is 0.154. The average Bonchev–Trinajstić information content (AvgIpc) is 2.85. The molecule has 6 nitrogen and oxygen atoms in total.